The Kier molecular flexibility index (Phi) is 4.14. The third-order valence-electron chi connectivity index (χ3n) is 3.79. The Morgan fingerprint density at radius 1 is 1.00 bits per heavy atom. The van der Waals surface area contributed by atoms with Gasteiger partial charge in [-0.25, -0.2) is 0 Å². The van der Waals surface area contributed by atoms with Crippen molar-refractivity contribution >= 4 is 0 Å². The van der Waals surface area contributed by atoms with Crippen molar-refractivity contribution in [3.05, 3.63) is 60.2 Å². The quantitative estimate of drug-likeness (QED) is 0.843. The molecule has 20 heavy (non-hydrogen) atoms. The van der Waals surface area contributed by atoms with Gasteiger partial charge < -0.3 is 4.74 Å². The Balaban J connectivity index is 1.67. The van der Waals surface area contributed by atoms with Crippen LogP contribution < -0.4 is 0 Å². The molecule has 2 nitrogen and oxygen atoms in total. The van der Waals surface area contributed by atoms with Crippen LogP contribution in [0.5, 0.6) is 0 Å². The zero-order valence-electron chi connectivity index (χ0n) is 12.0. The molecule has 1 heterocycles. The molecule has 0 aliphatic carbocycles. The SMILES string of the molecule is CC1CN(Cc2ccc(-c3ccccc3)cc2)CCO1. The van der Waals surface area contributed by atoms with Gasteiger partial charge in [0.25, 0.3) is 0 Å². The molecule has 0 N–H and O–H groups in total. The lowest BCUT2D eigenvalue weighted by atomic mass is 10.0. The second kappa shape index (κ2) is 6.21. The predicted molar refractivity (Wildman–Crippen MR) is 82.6 cm³/mol. The van der Waals surface area contributed by atoms with E-state index < -0.39 is 0 Å². The molecule has 1 fully saturated rings. The molecule has 1 atom stereocenters. The van der Waals surface area contributed by atoms with E-state index in [1.165, 1.54) is 16.7 Å². The zero-order valence-corrected chi connectivity index (χ0v) is 12.0. The van der Waals surface area contributed by atoms with Gasteiger partial charge in [-0.15, -0.1) is 0 Å². The Morgan fingerprint density at radius 2 is 1.70 bits per heavy atom. The Morgan fingerprint density at radius 3 is 2.40 bits per heavy atom. The van der Waals surface area contributed by atoms with E-state index in [1.807, 2.05) is 0 Å². The van der Waals surface area contributed by atoms with Crippen molar-refractivity contribution in [3.8, 4) is 11.1 Å². The molecule has 1 aliphatic heterocycles. The minimum absolute atomic E-state index is 0.354. The average molecular weight is 267 g/mol. The summed E-state index contributed by atoms with van der Waals surface area (Å²) in [6.45, 7) is 6.07. The molecular formula is C18H21NO. The highest BCUT2D eigenvalue weighted by atomic mass is 16.5. The van der Waals surface area contributed by atoms with Crippen molar-refractivity contribution in [2.75, 3.05) is 19.7 Å². The van der Waals surface area contributed by atoms with Gasteiger partial charge in [-0.3, -0.25) is 4.90 Å². The second-order valence-corrected chi connectivity index (χ2v) is 5.48. The highest BCUT2D eigenvalue weighted by molar-refractivity contribution is 5.63. The molecule has 0 radical (unpaired) electrons. The van der Waals surface area contributed by atoms with E-state index >= 15 is 0 Å². The molecular weight excluding hydrogens is 246 g/mol. The average Bonchev–Trinajstić information content (AvgIpc) is 2.49. The summed E-state index contributed by atoms with van der Waals surface area (Å²) >= 11 is 0. The normalized spacial score (nSPS) is 19.9. The maximum Gasteiger partial charge on any atom is 0.0674 e. The highest BCUT2D eigenvalue weighted by Gasteiger charge is 2.16. The summed E-state index contributed by atoms with van der Waals surface area (Å²) < 4.78 is 5.58. The molecule has 0 spiro atoms. The van der Waals surface area contributed by atoms with Crippen LogP contribution in [0, 0.1) is 0 Å². The smallest absolute Gasteiger partial charge is 0.0674 e. The van der Waals surface area contributed by atoms with Crippen LogP contribution in [0.1, 0.15) is 12.5 Å². The third-order valence-corrected chi connectivity index (χ3v) is 3.79. The number of morpholine rings is 1. The molecule has 0 aromatic heterocycles. The van der Waals surface area contributed by atoms with Crippen molar-refractivity contribution < 1.29 is 4.74 Å². The summed E-state index contributed by atoms with van der Waals surface area (Å²) in [5.74, 6) is 0. The topological polar surface area (TPSA) is 12.5 Å². The van der Waals surface area contributed by atoms with E-state index in [9.17, 15) is 0 Å². The first-order valence-corrected chi connectivity index (χ1v) is 7.29. The van der Waals surface area contributed by atoms with Crippen LogP contribution in [-0.2, 0) is 11.3 Å². The molecule has 2 heteroatoms. The standard InChI is InChI=1S/C18H21NO/c1-15-13-19(11-12-20-15)14-16-7-9-18(10-8-16)17-5-3-2-4-6-17/h2-10,15H,11-14H2,1H3. The maximum absolute atomic E-state index is 5.58. The molecule has 1 saturated heterocycles. The lowest BCUT2D eigenvalue weighted by Crippen LogP contribution is -2.40. The number of nitrogens with zero attached hydrogens (tertiary/aromatic N) is 1. The van der Waals surface area contributed by atoms with E-state index in [1.54, 1.807) is 0 Å². The van der Waals surface area contributed by atoms with E-state index in [4.69, 9.17) is 4.74 Å². The summed E-state index contributed by atoms with van der Waals surface area (Å²) in [7, 11) is 0. The minimum Gasteiger partial charge on any atom is -0.376 e. The van der Waals surface area contributed by atoms with E-state index in [-0.39, 0.29) is 0 Å². The van der Waals surface area contributed by atoms with Gasteiger partial charge in [-0.05, 0) is 23.6 Å². The first-order valence-electron chi connectivity index (χ1n) is 7.29. The number of hydrogen-bond acceptors (Lipinski definition) is 2. The molecule has 0 bridgehead atoms. The van der Waals surface area contributed by atoms with Crippen LogP contribution in [-0.4, -0.2) is 30.7 Å². The molecule has 1 unspecified atom stereocenters. The monoisotopic (exact) mass is 267 g/mol. The fourth-order valence-electron chi connectivity index (χ4n) is 2.73. The van der Waals surface area contributed by atoms with Crippen LogP contribution in [0.3, 0.4) is 0 Å². The summed E-state index contributed by atoms with van der Waals surface area (Å²) in [5, 5.41) is 0. The van der Waals surface area contributed by atoms with Crippen molar-refractivity contribution in [2.45, 2.75) is 19.6 Å². The molecule has 2 aromatic rings. The van der Waals surface area contributed by atoms with Crippen molar-refractivity contribution in [1.82, 2.24) is 4.90 Å². The molecule has 0 saturated carbocycles. The fraction of sp³-hybridized carbons (Fsp3) is 0.333. The fourth-order valence-corrected chi connectivity index (χ4v) is 2.73. The van der Waals surface area contributed by atoms with Crippen LogP contribution in [0.2, 0.25) is 0 Å². The van der Waals surface area contributed by atoms with E-state index in [0.717, 1.165) is 26.2 Å². The van der Waals surface area contributed by atoms with Crippen LogP contribution in [0.25, 0.3) is 11.1 Å². The molecule has 2 aromatic carbocycles. The van der Waals surface area contributed by atoms with Gasteiger partial charge in [0.2, 0.25) is 0 Å². The lowest BCUT2D eigenvalue weighted by molar-refractivity contribution is -0.0212. The number of benzene rings is 2. The Labute approximate surface area is 121 Å². The van der Waals surface area contributed by atoms with Crippen molar-refractivity contribution in [3.63, 3.8) is 0 Å². The maximum atomic E-state index is 5.58. The van der Waals surface area contributed by atoms with Gasteiger partial charge >= 0.3 is 0 Å². The van der Waals surface area contributed by atoms with Gasteiger partial charge in [0, 0.05) is 19.6 Å². The largest absolute Gasteiger partial charge is 0.376 e. The summed E-state index contributed by atoms with van der Waals surface area (Å²) in [6.07, 6.45) is 0.354. The minimum atomic E-state index is 0.354. The van der Waals surface area contributed by atoms with E-state index in [0.29, 0.717) is 6.10 Å². The van der Waals surface area contributed by atoms with Gasteiger partial charge in [-0.1, -0.05) is 54.6 Å². The predicted octanol–water partition coefficient (Wildman–Crippen LogP) is 3.57. The first-order chi connectivity index (χ1) is 9.81. The van der Waals surface area contributed by atoms with Crippen molar-refractivity contribution in [2.24, 2.45) is 0 Å². The van der Waals surface area contributed by atoms with Gasteiger partial charge in [0.05, 0.1) is 12.7 Å². The van der Waals surface area contributed by atoms with E-state index in [2.05, 4.69) is 66.4 Å². The van der Waals surface area contributed by atoms with Crippen molar-refractivity contribution in [1.29, 1.82) is 0 Å². The lowest BCUT2D eigenvalue weighted by Gasteiger charge is -2.31. The van der Waals surface area contributed by atoms with Crippen LogP contribution >= 0.6 is 0 Å². The first kappa shape index (κ1) is 13.3. The second-order valence-electron chi connectivity index (χ2n) is 5.48. The van der Waals surface area contributed by atoms with Gasteiger partial charge in [-0.2, -0.15) is 0 Å². The van der Waals surface area contributed by atoms with Crippen LogP contribution in [0.15, 0.2) is 54.6 Å². The molecule has 1 aliphatic rings. The Bertz CT molecular complexity index is 535. The van der Waals surface area contributed by atoms with Gasteiger partial charge in [0.15, 0.2) is 0 Å². The summed E-state index contributed by atoms with van der Waals surface area (Å²) in [5.41, 5.74) is 3.93. The number of rotatable bonds is 3. The molecule has 104 valence electrons. The summed E-state index contributed by atoms with van der Waals surface area (Å²) in [4.78, 5) is 2.46. The molecule has 3 rings (SSSR count). The summed E-state index contributed by atoms with van der Waals surface area (Å²) in [6, 6.07) is 19.4. The zero-order chi connectivity index (χ0) is 13.8. The Hall–Kier alpha value is -1.64. The molecule has 0 amide bonds. The number of ether oxygens (including phenoxy) is 1. The highest BCUT2D eigenvalue weighted by Crippen LogP contribution is 2.20. The van der Waals surface area contributed by atoms with Crippen LogP contribution in [0.4, 0.5) is 0 Å². The third kappa shape index (κ3) is 3.27. The number of hydrogen-bond donors (Lipinski definition) is 0. The van der Waals surface area contributed by atoms with Gasteiger partial charge in [0.1, 0.15) is 0 Å².